The Bertz CT molecular complexity index is 496. The maximum Gasteiger partial charge on any atom is 0.319 e. The number of hydrogen-bond acceptors (Lipinski definition) is 2. The lowest BCUT2D eigenvalue weighted by molar-refractivity contribution is 0.180. The molecule has 2 amide bonds. The zero-order valence-corrected chi connectivity index (χ0v) is 13.7. The molecule has 6 heteroatoms. The fraction of sp³-hybridized carbons (Fsp3) is 0.533. The largest absolute Gasteiger partial charge is 0.338 e. The number of urea groups is 1. The number of carbonyl (C=O) groups excluding carboxylic acids is 1. The first kappa shape index (κ1) is 16.4. The van der Waals surface area contributed by atoms with Crippen LogP contribution >= 0.6 is 23.2 Å². The van der Waals surface area contributed by atoms with Crippen LogP contribution in [0.5, 0.6) is 0 Å². The van der Waals surface area contributed by atoms with Crippen molar-refractivity contribution in [3.05, 3.63) is 28.2 Å². The first-order valence-electron chi connectivity index (χ1n) is 7.30. The Hall–Kier alpha value is -0.970. The Morgan fingerprint density at radius 3 is 3.00 bits per heavy atom. The number of carbonyl (C=O) groups is 1. The summed E-state index contributed by atoms with van der Waals surface area (Å²) in [5, 5.41) is 6.67. The Morgan fingerprint density at radius 1 is 1.43 bits per heavy atom. The monoisotopic (exact) mass is 329 g/mol. The molecule has 1 aliphatic rings. The summed E-state index contributed by atoms with van der Waals surface area (Å²) in [5.41, 5.74) is 0.528. The Kier molecular flexibility index (Phi) is 6.15. The molecule has 2 rings (SSSR count). The van der Waals surface area contributed by atoms with Gasteiger partial charge in [-0.2, -0.15) is 0 Å². The van der Waals surface area contributed by atoms with Crippen LogP contribution in [0, 0.1) is 5.92 Å². The van der Waals surface area contributed by atoms with E-state index in [4.69, 9.17) is 23.2 Å². The van der Waals surface area contributed by atoms with Gasteiger partial charge in [0.15, 0.2) is 0 Å². The molecule has 0 radical (unpaired) electrons. The number of nitrogens with one attached hydrogen (secondary N) is 2. The molecule has 0 aliphatic carbocycles. The lowest BCUT2D eigenvalue weighted by atomic mass is 9.98. The second-order valence-corrected chi connectivity index (χ2v) is 6.20. The fourth-order valence-electron chi connectivity index (χ4n) is 2.60. The lowest BCUT2D eigenvalue weighted by Crippen LogP contribution is -2.41. The zero-order chi connectivity index (χ0) is 15.2. The molecule has 1 fully saturated rings. The van der Waals surface area contributed by atoms with Gasteiger partial charge in [-0.15, -0.1) is 0 Å². The highest BCUT2D eigenvalue weighted by molar-refractivity contribution is 6.35. The molecule has 21 heavy (non-hydrogen) atoms. The summed E-state index contributed by atoms with van der Waals surface area (Å²) in [5.74, 6) is 0.513. The molecule has 1 unspecified atom stereocenters. The summed E-state index contributed by atoms with van der Waals surface area (Å²) in [6.07, 6.45) is 2.36. The van der Waals surface area contributed by atoms with Crippen LogP contribution in [-0.2, 0) is 0 Å². The predicted molar refractivity (Wildman–Crippen MR) is 88.3 cm³/mol. The van der Waals surface area contributed by atoms with Crippen molar-refractivity contribution < 1.29 is 4.79 Å². The third-order valence-corrected chi connectivity index (χ3v) is 4.34. The van der Waals surface area contributed by atoms with Crippen molar-refractivity contribution in [2.75, 3.05) is 31.5 Å². The van der Waals surface area contributed by atoms with Crippen LogP contribution in [0.15, 0.2) is 18.2 Å². The molecule has 1 heterocycles. The average Bonchev–Trinajstić information content (AvgIpc) is 2.49. The molecule has 4 nitrogen and oxygen atoms in total. The van der Waals surface area contributed by atoms with E-state index in [1.165, 1.54) is 6.42 Å². The van der Waals surface area contributed by atoms with Crippen LogP contribution in [-0.4, -0.2) is 37.1 Å². The van der Waals surface area contributed by atoms with E-state index in [0.29, 0.717) is 28.2 Å². The normalized spacial score (nSPS) is 19.3. The van der Waals surface area contributed by atoms with Gasteiger partial charge in [0.1, 0.15) is 0 Å². The topological polar surface area (TPSA) is 44.4 Å². The molecule has 1 aromatic carbocycles. The van der Waals surface area contributed by atoms with Gasteiger partial charge >= 0.3 is 6.03 Å². The first-order valence-corrected chi connectivity index (χ1v) is 8.06. The number of halogens is 2. The average molecular weight is 330 g/mol. The third kappa shape index (κ3) is 5.06. The van der Waals surface area contributed by atoms with E-state index >= 15 is 0 Å². The molecule has 1 saturated heterocycles. The lowest BCUT2D eigenvalue weighted by Gasteiger charge is -2.31. The van der Waals surface area contributed by atoms with Crippen LogP contribution in [0.4, 0.5) is 10.5 Å². The number of nitrogens with zero attached hydrogens (tertiary/aromatic N) is 1. The zero-order valence-electron chi connectivity index (χ0n) is 12.2. The highest BCUT2D eigenvalue weighted by Crippen LogP contribution is 2.25. The van der Waals surface area contributed by atoms with Crippen LogP contribution in [0.2, 0.25) is 10.0 Å². The first-order chi connectivity index (χ1) is 10.1. The van der Waals surface area contributed by atoms with Crippen LogP contribution < -0.4 is 10.6 Å². The van der Waals surface area contributed by atoms with Gasteiger partial charge in [-0.05, 0) is 50.0 Å². The van der Waals surface area contributed by atoms with Gasteiger partial charge in [-0.25, -0.2) is 4.79 Å². The summed E-state index contributed by atoms with van der Waals surface area (Å²) < 4.78 is 0. The second kappa shape index (κ2) is 7.87. The van der Waals surface area contributed by atoms with E-state index in [1.54, 1.807) is 18.2 Å². The minimum Gasteiger partial charge on any atom is -0.338 e. The number of amides is 2. The molecule has 0 aromatic heterocycles. The Labute approximate surface area is 135 Å². The number of piperidine rings is 1. The number of likely N-dealkylation sites (tertiary alicyclic amines) is 1. The van der Waals surface area contributed by atoms with Crippen molar-refractivity contribution in [2.45, 2.75) is 19.8 Å². The number of anilines is 1. The molecule has 116 valence electrons. The van der Waals surface area contributed by atoms with E-state index < -0.39 is 0 Å². The molecular formula is C15H21Cl2N3O. The number of hydrogen-bond donors (Lipinski definition) is 2. The van der Waals surface area contributed by atoms with Crippen LogP contribution in [0.3, 0.4) is 0 Å². The van der Waals surface area contributed by atoms with Gasteiger partial charge < -0.3 is 15.5 Å². The van der Waals surface area contributed by atoms with Gasteiger partial charge in [0, 0.05) is 18.1 Å². The van der Waals surface area contributed by atoms with Gasteiger partial charge in [0.05, 0.1) is 10.7 Å². The van der Waals surface area contributed by atoms with Crippen molar-refractivity contribution in [2.24, 2.45) is 5.92 Å². The maximum atomic E-state index is 11.9. The molecular weight excluding hydrogens is 309 g/mol. The van der Waals surface area contributed by atoms with Crippen molar-refractivity contribution in [1.29, 1.82) is 0 Å². The quantitative estimate of drug-likeness (QED) is 0.881. The van der Waals surface area contributed by atoms with Gasteiger partial charge in [0.25, 0.3) is 0 Å². The highest BCUT2D eigenvalue weighted by atomic mass is 35.5. The molecule has 0 saturated carbocycles. The predicted octanol–water partition coefficient (Wildman–Crippen LogP) is 3.85. The van der Waals surface area contributed by atoms with Gasteiger partial charge in [-0.1, -0.05) is 30.1 Å². The molecule has 2 N–H and O–H groups in total. The molecule has 0 bridgehead atoms. The van der Waals surface area contributed by atoms with Gasteiger partial charge in [0.2, 0.25) is 0 Å². The summed E-state index contributed by atoms with van der Waals surface area (Å²) in [7, 11) is 0. The van der Waals surface area contributed by atoms with Crippen LogP contribution in [0.25, 0.3) is 0 Å². The van der Waals surface area contributed by atoms with Crippen molar-refractivity contribution in [3.63, 3.8) is 0 Å². The SMILES string of the molecule is CCN1CCCC(CNC(=O)Nc2cc(Cl)ccc2Cl)C1. The third-order valence-electron chi connectivity index (χ3n) is 3.78. The van der Waals surface area contributed by atoms with E-state index in [-0.39, 0.29) is 6.03 Å². The van der Waals surface area contributed by atoms with Crippen molar-refractivity contribution in [3.8, 4) is 0 Å². The van der Waals surface area contributed by atoms with Crippen LogP contribution in [0.1, 0.15) is 19.8 Å². The second-order valence-electron chi connectivity index (χ2n) is 5.36. The molecule has 1 aromatic rings. The summed E-state index contributed by atoms with van der Waals surface area (Å²) >= 11 is 11.9. The van der Waals surface area contributed by atoms with E-state index in [1.807, 2.05) is 0 Å². The summed E-state index contributed by atoms with van der Waals surface area (Å²) in [6.45, 7) is 6.14. The van der Waals surface area contributed by atoms with Crippen molar-refractivity contribution in [1.82, 2.24) is 10.2 Å². The molecule has 0 spiro atoms. The van der Waals surface area contributed by atoms with E-state index in [2.05, 4.69) is 22.5 Å². The Balaban J connectivity index is 1.80. The minimum absolute atomic E-state index is 0.243. The smallest absolute Gasteiger partial charge is 0.319 e. The summed E-state index contributed by atoms with van der Waals surface area (Å²) in [4.78, 5) is 14.4. The summed E-state index contributed by atoms with van der Waals surface area (Å²) in [6, 6.07) is 4.75. The van der Waals surface area contributed by atoms with Crippen molar-refractivity contribution >= 4 is 34.9 Å². The fourth-order valence-corrected chi connectivity index (χ4v) is 2.94. The van der Waals surface area contributed by atoms with E-state index in [0.717, 1.165) is 26.1 Å². The molecule has 1 atom stereocenters. The maximum absolute atomic E-state index is 11.9. The van der Waals surface area contributed by atoms with E-state index in [9.17, 15) is 4.79 Å². The number of rotatable bonds is 4. The highest BCUT2D eigenvalue weighted by Gasteiger charge is 2.19. The van der Waals surface area contributed by atoms with Gasteiger partial charge in [-0.3, -0.25) is 0 Å². The number of benzene rings is 1. The standard InChI is InChI=1S/C15H21Cl2N3O/c1-2-20-7-3-4-11(10-20)9-18-15(21)19-14-8-12(16)5-6-13(14)17/h5-6,8,11H,2-4,7,9-10H2,1H3,(H2,18,19,21). The minimum atomic E-state index is -0.243. The Morgan fingerprint density at radius 2 is 2.24 bits per heavy atom. The molecule has 1 aliphatic heterocycles.